The third-order valence-corrected chi connectivity index (χ3v) is 5.06. The fourth-order valence-electron chi connectivity index (χ4n) is 3.01. The first kappa shape index (κ1) is 31.6. The summed E-state index contributed by atoms with van der Waals surface area (Å²) < 4.78 is 0. The first-order chi connectivity index (χ1) is 16.2. The number of hydrogen-bond acceptors (Lipinski definition) is 7. The molecule has 0 fully saturated rings. The lowest BCUT2D eigenvalue weighted by molar-refractivity contribution is -0.143. The minimum Gasteiger partial charge on any atom is -0.481 e. The third kappa shape index (κ3) is 12.6. The fraction of sp³-hybridized carbons (Fsp3) is 0.714. The number of nitrogens with zero attached hydrogens (tertiary/aromatic N) is 1. The lowest BCUT2D eigenvalue weighted by Gasteiger charge is -2.27. The largest absolute Gasteiger partial charge is 0.481 e. The SMILES string of the molecule is CC(C)C(NC(=O)C(CCCN=C(N)N)NC(=O)C(NC(=O)C(N)CCC(=O)O)C(C)C)C(=O)O. The number of carboxylic acid groups (broad SMARTS) is 2. The molecule has 0 radical (unpaired) electrons. The number of rotatable bonds is 16. The Hall–Kier alpha value is -3.42. The molecule has 4 unspecified atom stereocenters. The van der Waals surface area contributed by atoms with E-state index >= 15 is 0 Å². The normalized spacial score (nSPS) is 14.4. The number of hydrogen-bond donors (Lipinski definition) is 8. The summed E-state index contributed by atoms with van der Waals surface area (Å²) in [5, 5.41) is 25.6. The van der Waals surface area contributed by atoms with Crippen LogP contribution in [0.5, 0.6) is 0 Å². The van der Waals surface area contributed by atoms with Gasteiger partial charge in [-0.2, -0.15) is 0 Å². The first-order valence-electron chi connectivity index (χ1n) is 11.3. The van der Waals surface area contributed by atoms with Crippen molar-refractivity contribution in [3.63, 3.8) is 0 Å². The van der Waals surface area contributed by atoms with Crippen molar-refractivity contribution in [2.75, 3.05) is 6.54 Å². The highest BCUT2D eigenvalue weighted by molar-refractivity contribution is 5.94. The van der Waals surface area contributed by atoms with Gasteiger partial charge in [0.05, 0.1) is 6.04 Å². The summed E-state index contributed by atoms with van der Waals surface area (Å²) in [6.45, 7) is 6.77. The van der Waals surface area contributed by atoms with E-state index in [1.165, 1.54) is 0 Å². The van der Waals surface area contributed by atoms with E-state index in [9.17, 15) is 29.1 Å². The molecule has 0 spiro atoms. The van der Waals surface area contributed by atoms with Gasteiger partial charge in [-0.3, -0.25) is 24.2 Å². The van der Waals surface area contributed by atoms with Crippen LogP contribution in [0.3, 0.4) is 0 Å². The van der Waals surface area contributed by atoms with Crippen molar-refractivity contribution in [2.45, 2.75) is 77.5 Å². The van der Waals surface area contributed by atoms with Crippen molar-refractivity contribution in [2.24, 2.45) is 34.0 Å². The number of nitrogens with two attached hydrogens (primary N) is 3. The second-order valence-electron chi connectivity index (χ2n) is 8.85. The molecule has 0 heterocycles. The molecule has 4 atom stereocenters. The van der Waals surface area contributed by atoms with Gasteiger partial charge in [-0.05, 0) is 31.1 Å². The molecule has 0 saturated carbocycles. The molecule has 0 aromatic rings. The predicted octanol–water partition coefficient (Wildman–Crippen LogP) is -1.92. The molecular weight excluding hydrogens is 462 g/mol. The molecule has 0 aromatic carbocycles. The van der Waals surface area contributed by atoms with Crippen LogP contribution in [0.25, 0.3) is 0 Å². The van der Waals surface area contributed by atoms with Crippen LogP contribution in [-0.2, 0) is 24.0 Å². The molecular formula is C21H39N7O7. The Labute approximate surface area is 204 Å². The van der Waals surface area contributed by atoms with Crippen molar-refractivity contribution in [1.82, 2.24) is 16.0 Å². The predicted molar refractivity (Wildman–Crippen MR) is 128 cm³/mol. The average molecular weight is 502 g/mol. The van der Waals surface area contributed by atoms with E-state index in [0.29, 0.717) is 6.42 Å². The molecule has 0 saturated heterocycles. The smallest absolute Gasteiger partial charge is 0.326 e. The van der Waals surface area contributed by atoms with Gasteiger partial charge < -0.3 is 43.4 Å². The van der Waals surface area contributed by atoms with E-state index in [1.807, 2.05) is 0 Å². The van der Waals surface area contributed by atoms with Gasteiger partial charge in [-0.1, -0.05) is 27.7 Å². The van der Waals surface area contributed by atoms with Gasteiger partial charge in [0, 0.05) is 13.0 Å². The van der Waals surface area contributed by atoms with Crippen molar-refractivity contribution in [3.8, 4) is 0 Å². The monoisotopic (exact) mass is 501 g/mol. The maximum absolute atomic E-state index is 13.0. The lowest BCUT2D eigenvalue weighted by atomic mass is 10.0. The summed E-state index contributed by atoms with van der Waals surface area (Å²) in [6.07, 6.45) is -0.0366. The standard InChI is InChI=1S/C21H39N7O7/c1-10(2)15(27-17(31)12(22)7-8-14(29)30)19(33)26-13(6-5-9-25-21(23)24)18(32)28-16(11(3)4)20(34)35/h10-13,15-16H,5-9,22H2,1-4H3,(H,26,33)(H,27,31)(H,28,32)(H,29,30)(H,34,35)(H4,23,24,25). The summed E-state index contributed by atoms with van der Waals surface area (Å²) in [7, 11) is 0. The topological polar surface area (TPSA) is 252 Å². The van der Waals surface area contributed by atoms with Gasteiger partial charge in [0.25, 0.3) is 0 Å². The molecule has 11 N–H and O–H groups in total. The van der Waals surface area contributed by atoms with Crippen LogP contribution in [0.15, 0.2) is 4.99 Å². The van der Waals surface area contributed by atoms with Crippen molar-refractivity contribution >= 4 is 35.6 Å². The van der Waals surface area contributed by atoms with Gasteiger partial charge in [-0.15, -0.1) is 0 Å². The molecule has 200 valence electrons. The maximum atomic E-state index is 13.0. The average Bonchev–Trinajstić information content (AvgIpc) is 2.74. The molecule has 0 bridgehead atoms. The molecule has 0 aliphatic rings. The quantitative estimate of drug-likeness (QED) is 0.0661. The summed E-state index contributed by atoms with van der Waals surface area (Å²) in [5.41, 5.74) is 16.3. The zero-order valence-corrected chi connectivity index (χ0v) is 20.6. The summed E-state index contributed by atoms with van der Waals surface area (Å²) >= 11 is 0. The third-order valence-electron chi connectivity index (χ3n) is 5.06. The number of carboxylic acids is 2. The number of carbonyl (C=O) groups is 5. The molecule has 0 rings (SSSR count). The Morgan fingerprint density at radius 3 is 1.80 bits per heavy atom. The Kier molecular flexibility index (Phi) is 14.0. The van der Waals surface area contributed by atoms with E-state index < -0.39 is 65.7 Å². The maximum Gasteiger partial charge on any atom is 0.326 e. The van der Waals surface area contributed by atoms with Gasteiger partial charge >= 0.3 is 11.9 Å². The van der Waals surface area contributed by atoms with E-state index in [4.69, 9.17) is 22.3 Å². The molecule has 0 aromatic heterocycles. The van der Waals surface area contributed by atoms with E-state index in [2.05, 4.69) is 20.9 Å². The van der Waals surface area contributed by atoms with Crippen molar-refractivity contribution in [1.29, 1.82) is 0 Å². The minimum absolute atomic E-state index is 0.0929. The van der Waals surface area contributed by atoms with Gasteiger partial charge in [0.1, 0.15) is 18.1 Å². The summed E-state index contributed by atoms with van der Waals surface area (Å²) in [5.74, 6) is -5.39. The number of nitrogens with one attached hydrogen (secondary N) is 3. The van der Waals surface area contributed by atoms with E-state index in [0.717, 1.165) is 0 Å². The Bertz CT molecular complexity index is 782. The number of aliphatic imine (C=N–C) groups is 1. The molecule has 0 aliphatic carbocycles. The van der Waals surface area contributed by atoms with Crippen LogP contribution in [0.2, 0.25) is 0 Å². The van der Waals surface area contributed by atoms with Crippen LogP contribution in [0, 0.1) is 11.8 Å². The first-order valence-corrected chi connectivity index (χ1v) is 11.3. The number of guanidine groups is 1. The highest BCUT2D eigenvalue weighted by Crippen LogP contribution is 2.08. The summed E-state index contributed by atoms with van der Waals surface area (Å²) in [6, 6.07) is -4.52. The van der Waals surface area contributed by atoms with Crippen LogP contribution in [0.1, 0.15) is 53.4 Å². The van der Waals surface area contributed by atoms with E-state index in [1.54, 1.807) is 27.7 Å². The van der Waals surface area contributed by atoms with Crippen LogP contribution in [0.4, 0.5) is 0 Å². The zero-order valence-electron chi connectivity index (χ0n) is 20.6. The Morgan fingerprint density at radius 2 is 1.34 bits per heavy atom. The lowest BCUT2D eigenvalue weighted by Crippen LogP contribution is -2.58. The van der Waals surface area contributed by atoms with Gasteiger partial charge in [0.15, 0.2) is 5.96 Å². The Morgan fingerprint density at radius 1 is 0.800 bits per heavy atom. The van der Waals surface area contributed by atoms with Crippen LogP contribution >= 0.6 is 0 Å². The molecule has 14 heteroatoms. The Balaban J connectivity index is 5.52. The number of aliphatic carboxylic acids is 2. The second kappa shape index (κ2) is 15.5. The molecule has 3 amide bonds. The molecule has 35 heavy (non-hydrogen) atoms. The molecule has 14 nitrogen and oxygen atoms in total. The molecule has 0 aliphatic heterocycles. The van der Waals surface area contributed by atoms with Gasteiger partial charge in [0.2, 0.25) is 17.7 Å². The zero-order chi connectivity index (χ0) is 27.3. The second-order valence-corrected chi connectivity index (χ2v) is 8.85. The van der Waals surface area contributed by atoms with E-state index in [-0.39, 0.29) is 31.8 Å². The van der Waals surface area contributed by atoms with Crippen molar-refractivity contribution in [3.05, 3.63) is 0 Å². The fourth-order valence-corrected chi connectivity index (χ4v) is 3.01. The van der Waals surface area contributed by atoms with Crippen LogP contribution < -0.4 is 33.2 Å². The minimum atomic E-state index is -1.22. The van der Waals surface area contributed by atoms with Crippen molar-refractivity contribution < 1.29 is 34.2 Å². The highest BCUT2D eigenvalue weighted by atomic mass is 16.4. The summed E-state index contributed by atoms with van der Waals surface area (Å²) in [4.78, 5) is 64.3. The van der Waals surface area contributed by atoms with Gasteiger partial charge in [-0.25, -0.2) is 4.79 Å². The highest BCUT2D eigenvalue weighted by Gasteiger charge is 2.32. The van der Waals surface area contributed by atoms with Crippen LogP contribution in [-0.4, -0.2) is 76.5 Å². The number of carbonyl (C=O) groups excluding carboxylic acids is 3. The number of amides is 3.